The van der Waals surface area contributed by atoms with E-state index < -0.39 is 6.03 Å². The molecular weight excluding hydrogens is 256 g/mol. The van der Waals surface area contributed by atoms with Gasteiger partial charge in [-0.3, -0.25) is 15.0 Å². The Labute approximate surface area is 121 Å². The second-order valence-corrected chi connectivity index (χ2v) is 5.36. The number of imide groups is 1. The maximum absolute atomic E-state index is 12.0. The number of carbonyl (C=O) groups excluding carboxylic acids is 2. The second-order valence-electron chi connectivity index (χ2n) is 5.36. The first-order valence-electron chi connectivity index (χ1n) is 7.53. The Morgan fingerprint density at radius 1 is 1.35 bits per heavy atom. The third-order valence-corrected chi connectivity index (χ3v) is 4.15. The van der Waals surface area contributed by atoms with Gasteiger partial charge in [-0.15, -0.1) is 0 Å². The number of urea groups is 1. The highest BCUT2D eigenvalue weighted by Crippen LogP contribution is 2.21. The Balaban J connectivity index is 2.55. The van der Waals surface area contributed by atoms with Crippen molar-refractivity contribution in [1.29, 1.82) is 0 Å². The number of hydrogen-bond donors (Lipinski definition) is 3. The van der Waals surface area contributed by atoms with E-state index in [2.05, 4.69) is 34.7 Å². The van der Waals surface area contributed by atoms with Gasteiger partial charge >= 0.3 is 6.03 Å². The van der Waals surface area contributed by atoms with Gasteiger partial charge in [0.05, 0.1) is 6.04 Å². The molecule has 20 heavy (non-hydrogen) atoms. The lowest BCUT2D eigenvalue weighted by molar-refractivity contribution is -0.125. The van der Waals surface area contributed by atoms with Crippen molar-refractivity contribution in [2.45, 2.75) is 45.7 Å². The summed E-state index contributed by atoms with van der Waals surface area (Å²) in [6, 6.07) is -0.184. The first-order valence-corrected chi connectivity index (χ1v) is 7.53. The summed E-state index contributed by atoms with van der Waals surface area (Å²) in [5, 5.41) is 8.27. The molecular formula is C14H28N4O2. The van der Waals surface area contributed by atoms with Crippen LogP contribution >= 0.6 is 0 Å². The molecule has 0 bridgehead atoms. The van der Waals surface area contributed by atoms with Gasteiger partial charge in [0.25, 0.3) is 0 Å². The van der Waals surface area contributed by atoms with E-state index in [1.165, 1.54) is 7.05 Å². The van der Waals surface area contributed by atoms with Gasteiger partial charge in [0.2, 0.25) is 5.91 Å². The fourth-order valence-electron chi connectivity index (χ4n) is 2.80. The van der Waals surface area contributed by atoms with E-state index in [0.717, 1.165) is 32.5 Å². The van der Waals surface area contributed by atoms with E-state index in [-0.39, 0.29) is 11.9 Å². The normalized spacial score (nSPS) is 25.0. The zero-order valence-electron chi connectivity index (χ0n) is 13.0. The van der Waals surface area contributed by atoms with Crippen molar-refractivity contribution in [3.8, 4) is 0 Å². The van der Waals surface area contributed by atoms with Crippen LogP contribution in [-0.2, 0) is 4.79 Å². The molecule has 1 aliphatic rings. The van der Waals surface area contributed by atoms with Crippen LogP contribution in [0.5, 0.6) is 0 Å². The fourth-order valence-corrected chi connectivity index (χ4v) is 2.80. The summed E-state index contributed by atoms with van der Waals surface area (Å²) in [7, 11) is 1.50. The highest BCUT2D eigenvalue weighted by atomic mass is 16.2. The van der Waals surface area contributed by atoms with Crippen LogP contribution in [-0.4, -0.2) is 55.6 Å². The molecule has 1 rings (SSSR count). The van der Waals surface area contributed by atoms with Crippen molar-refractivity contribution in [2.75, 3.05) is 26.7 Å². The van der Waals surface area contributed by atoms with E-state index in [1.54, 1.807) is 0 Å². The van der Waals surface area contributed by atoms with Gasteiger partial charge in [0.1, 0.15) is 0 Å². The quantitative estimate of drug-likeness (QED) is 0.689. The number of hydrogen-bond acceptors (Lipinski definition) is 4. The van der Waals surface area contributed by atoms with Crippen LogP contribution in [0, 0.1) is 5.92 Å². The predicted octanol–water partition coefficient (Wildman–Crippen LogP) is 0.541. The molecule has 0 spiro atoms. The Bertz CT molecular complexity index is 335. The zero-order chi connectivity index (χ0) is 15.1. The molecule has 0 aromatic carbocycles. The largest absolute Gasteiger partial charge is 0.341 e. The standard InChI is InChI=1S/C14H28N4O2/c1-5-11-9-18(8-7-12(11)16-6-2)10(3)13(19)17-14(20)15-4/h10-12,16H,5-9H2,1-4H3,(H2,15,17,19,20). The van der Waals surface area contributed by atoms with Crippen molar-refractivity contribution in [1.82, 2.24) is 20.9 Å². The van der Waals surface area contributed by atoms with Crippen LogP contribution in [0.4, 0.5) is 4.79 Å². The number of piperidine rings is 1. The molecule has 0 aromatic heterocycles. The highest BCUT2D eigenvalue weighted by molar-refractivity contribution is 5.96. The van der Waals surface area contributed by atoms with E-state index in [4.69, 9.17) is 0 Å². The molecule has 1 aliphatic heterocycles. The molecule has 1 heterocycles. The lowest BCUT2D eigenvalue weighted by Gasteiger charge is -2.40. The zero-order valence-corrected chi connectivity index (χ0v) is 13.0. The van der Waals surface area contributed by atoms with Gasteiger partial charge in [0.15, 0.2) is 0 Å². The van der Waals surface area contributed by atoms with Gasteiger partial charge < -0.3 is 10.6 Å². The van der Waals surface area contributed by atoms with Crippen molar-refractivity contribution < 1.29 is 9.59 Å². The van der Waals surface area contributed by atoms with Crippen molar-refractivity contribution in [3.05, 3.63) is 0 Å². The summed E-state index contributed by atoms with van der Waals surface area (Å²) in [5.41, 5.74) is 0. The maximum atomic E-state index is 12.0. The van der Waals surface area contributed by atoms with Crippen LogP contribution in [0.1, 0.15) is 33.6 Å². The molecule has 0 aromatic rings. The molecule has 0 radical (unpaired) electrons. The van der Waals surface area contributed by atoms with Crippen LogP contribution in [0.25, 0.3) is 0 Å². The van der Waals surface area contributed by atoms with Gasteiger partial charge in [-0.25, -0.2) is 4.79 Å². The van der Waals surface area contributed by atoms with Crippen LogP contribution in [0.2, 0.25) is 0 Å². The summed E-state index contributed by atoms with van der Waals surface area (Å²) in [6.07, 6.45) is 2.14. The molecule has 3 amide bonds. The first-order chi connectivity index (χ1) is 9.53. The van der Waals surface area contributed by atoms with E-state index in [9.17, 15) is 9.59 Å². The Morgan fingerprint density at radius 3 is 2.60 bits per heavy atom. The molecule has 6 nitrogen and oxygen atoms in total. The highest BCUT2D eigenvalue weighted by Gasteiger charge is 2.32. The number of likely N-dealkylation sites (tertiary alicyclic amines) is 1. The minimum atomic E-state index is -0.448. The van der Waals surface area contributed by atoms with Gasteiger partial charge in [-0.1, -0.05) is 20.3 Å². The van der Waals surface area contributed by atoms with Crippen LogP contribution < -0.4 is 16.0 Å². The van der Waals surface area contributed by atoms with Gasteiger partial charge in [-0.05, 0) is 25.8 Å². The van der Waals surface area contributed by atoms with E-state index in [1.807, 2.05) is 6.92 Å². The Morgan fingerprint density at radius 2 is 2.05 bits per heavy atom. The summed E-state index contributed by atoms with van der Waals surface area (Å²) < 4.78 is 0. The molecule has 3 N–H and O–H groups in total. The molecule has 116 valence electrons. The van der Waals surface area contributed by atoms with E-state index >= 15 is 0 Å². The number of carbonyl (C=O) groups is 2. The molecule has 3 unspecified atom stereocenters. The van der Waals surface area contributed by atoms with Crippen molar-refractivity contribution in [3.63, 3.8) is 0 Å². The number of nitrogens with zero attached hydrogens (tertiary/aromatic N) is 1. The minimum absolute atomic E-state index is 0.235. The molecule has 3 atom stereocenters. The number of amides is 3. The average molecular weight is 284 g/mol. The lowest BCUT2D eigenvalue weighted by Crippen LogP contribution is -2.56. The SMILES string of the molecule is CCNC1CCN(C(C)C(=O)NC(=O)NC)CC1CC. The summed E-state index contributed by atoms with van der Waals surface area (Å²) in [6.45, 7) is 8.94. The smallest absolute Gasteiger partial charge is 0.321 e. The van der Waals surface area contributed by atoms with Crippen molar-refractivity contribution in [2.24, 2.45) is 5.92 Å². The Kier molecular flexibility index (Phi) is 6.95. The minimum Gasteiger partial charge on any atom is -0.341 e. The molecule has 0 aliphatic carbocycles. The summed E-state index contributed by atoms with van der Waals surface area (Å²) >= 11 is 0. The third-order valence-electron chi connectivity index (χ3n) is 4.15. The van der Waals surface area contributed by atoms with Gasteiger partial charge in [-0.2, -0.15) is 0 Å². The van der Waals surface area contributed by atoms with Crippen molar-refractivity contribution >= 4 is 11.9 Å². The van der Waals surface area contributed by atoms with Gasteiger partial charge in [0, 0.05) is 26.2 Å². The third kappa shape index (κ3) is 4.45. The maximum Gasteiger partial charge on any atom is 0.321 e. The lowest BCUT2D eigenvalue weighted by atomic mass is 9.89. The van der Waals surface area contributed by atoms with Crippen LogP contribution in [0.15, 0.2) is 0 Å². The average Bonchev–Trinajstić information content (AvgIpc) is 2.46. The Hall–Kier alpha value is -1.14. The van der Waals surface area contributed by atoms with E-state index in [0.29, 0.717) is 12.0 Å². The first kappa shape index (κ1) is 16.9. The second kappa shape index (κ2) is 8.21. The molecule has 1 fully saturated rings. The molecule has 0 saturated carbocycles. The molecule has 6 heteroatoms. The number of nitrogens with one attached hydrogen (secondary N) is 3. The summed E-state index contributed by atoms with van der Waals surface area (Å²) in [4.78, 5) is 25.3. The fraction of sp³-hybridized carbons (Fsp3) is 0.857. The van der Waals surface area contributed by atoms with Crippen LogP contribution in [0.3, 0.4) is 0 Å². The number of rotatable bonds is 5. The predicted molar refractivity (Wildman–Crippen MR) is 79.5 cm³/mol. The summed E-state index contributed by atoms with van der Waals surface area (Å²) in [5.74, 6) is 0.319. The molecule has 1 saturated heterocycles. The topological polar surface area (TPSA) is 73.5 Å². The monoisotopic (exact) mass is 284 g/mol.